The SMILES string of the molecule is CCCCCCCCOC1CC(O)CC(CO)O1. The monoisotopic (exact) mass is 260 g/mol. The van der Waals surface area contributed by atoms with E-state index in [9.17, 15) is 5.11 Å². The van der Waals surface area contributed by atoms with Gasteiger partial charge in [-0.1, -0.05) is 39.0 Å². The van der Waals surface area contributed by atoms with Gasteiger partial charge < -0.3 is 19.7 Å². The summed E-state index contributed by atoms with van der Waals surface area (Å²) in [4.78, 5) is 0. The van der Waals surface area contributed by atoms with E-state index in [0.717, 1.165) is 6.42 Å². The molecule has 1 saturated heterocycles. The quantitative estimate of drug-likeness (QED) is 0.624. The molecule has 0 spiro atoms. The van der Waals surface area contributed by atoms with E-state index in [1.54, 1.807) is 0 Å². The average Bonchev–Trinajstić information content (AvgIpc) is 2.37. The molecule has 0 bridgehead atoms. The van der Waals surface area contributed by atoms with Crippen molar-refractivity contribution >= 4 is 0 Å². The van der Waals surface area contributed by atoms with Gasteiger partial charge in [0.15, 0.2) is 6.29 Å². The highest BCUT2D eigenvalue weighted by Crippen LogP contribution is 2.20. The van der Waals surface area contributed by atoms with Gasteiger partial charge in [-0.25, -0.2) is 0 Å². The molecule has 0 saturated carbocycles. The highest BCUT2D eigenvalue weighted by molar-refractivity contribution is 4.72. The molecule has 1 fully saturated rings. The fourth-order valence-corrected chi connectivity index (χ4v) is 2.27. The average molecular weight is 260 g/mol. The van der Waals surface area contributed by atoms with Crippen LogP contribution in [0.3, 0.4) is 0 Å². The zero-order valence-electron chi connectivity index (χ0n) is 11.5. The molecule has 3 atom stereocenters. The number of hydrogen-bond donors (Lipinski definition) is 2. The van der Waals surface area contributed by atoms with Gasteiger partial charge in [-0.15, -0.1) is 0 Å². The third kappa shape index (κ3) is 6.69. The predicted molar refractivity (Wildman–Crippen MR) is 70.3 cm³/mol. The van der Waals surface area contributed by atoms with Crippen molar-refractivity contribution in [3.63, 3.8) is 0 Å². The summed E-state index contributed by atoms with van der Waals surface area (Å²) >= 11 is 0. The predicted octanol–water partition coefficient (Wildman–Crippen LogP) is 2.22. The second kappa shape index (κ2) is 9.73. The van der Waals surface area contributed by atoms with Crippen LogP contribution in [0.25, 0.3) is 0 Å². The van der Waals surface area contributed by atoms with Gasteiger partial charge in [-0.05, 0) is 6.42 Å². The second-order valence-corrected chi connectivity index (χ2v) is 5.13. The fourth-order valence-electron chi connectivity index (χ4n) is 2.27. The van der Waals surface area contributed by atoms with Crippen molar-refractivity contribution in [1.29, 1.82) is 0 Å². The molecular formula is C14H28O4. The van der Waals surface area contributed by atoms with Crippen LogP contribution in [0.1, 0.15) is 58.3 Å². The zero-order valence-corrected chi connectivity index (χ0v) is 11.5. The molecule has 0 aliphatic carbocycles. The number of unbranched alkanes of at least 4 members (excludes halogenated alkanes) is 5. The van der Waals surface area contributed by atoms with Crippen LogP contribution in [0, 0.1) is 0 Å². The Morgan fingerprint density at radius 3 is 2.56 bits per heavy atom. The van der Waals surface area contributed by atoms with Crippen molar-refractivity contribution < 1.29 is 19.7 Å². The molecular weight excluding hydrogens is 232 g/mol. The molecule has 0 aromatic rings. The number of ether oxygens (including phenoxy) is 2. The van der Waals surface area contributed by atoms with Crippen LogP contribution in [-0.4, -0.2) is 41.9 Å². The van der Waals surface area contributed by atoms with E-state index in [1.165, 1.54) is 32.1 Å². The van der Waals surface area contributed by atoms with Crippen LogP contribution in [0.4, 0.5) is 0 Å². The van der Waals surface area contributed by atoms with Crippen LogP contribution in [0.5, 0.6) is 0 Å². The molecule has 18 heavy (non-hydrogen) atoms. The van der Waals surface area contributed by atoms with Crippen molar-refractivity contribution in [3.05, 3.63) is 0 Å². The van der Waals surface area contributed by atoms with E-state index in [-0.39, 0.29) is 19.0 Å². The Hall–Kier alpha value is -0.160. The van der Waals surface area contributed by atoms with E-state index in [4.69, 9.17) is 14.6 Å². The molecule has 0 amide bonds. The van der Waals surface area contributed by atoms with Gasteiger partial charge >= 0.3 is 0 Å². The number of aliphatic hydroxyl groups excluding tert-OH is 2. The molecule has 1 aliphatic rings. The molecule has 4 nitrogen and oxygen atoms in total. The first-order valence-electron chi connectivity index (χ1n) is 7.32. The van der Waals surface area contributed by atoms with Gasteiger partial charge in [0, 0.05) is 19.4 Å². The maximum absolute atomic E-state index is 9.61. The molecule has 1 rings (SSSR count). The normalized spacial score (nSPS) is 28.5. The topological polar surface area (TPSA) is 58.9 Å². The summed E-state index contributed by atoms with van der Waals surface area (Å²) in [5, 5.41) is 18.6. The van der Waals surface area contributed by atoms with E-state index in [2.05, 4.69) is 6.92 Å². The van der Waals surface area contributed by atoms with E-state index in [0.29, 0.717) is 19.4 Å². The molecule has 4 heteroatoms. The number of hydrogen-bond acceptors (Lipinski definition) is 4. The van der Waals surface area contributed by atoms with Gasteiger partial charge in [0.25, 0.3) is 0 Å². The zero-order chi connectivity index (χ0) is 13.2. The van der Waals surface area contributed by atoms with E-state index in [1.807, 2.05) is 0 Å². The Morgan fingerprint density at radius 1 is 1.11 bits per heavy atom. The van der Waals surface area contributed by atoms with Gasteiger partial charge in [0.05, 0.1) is 18.8 Å². The van der Waals surface area contributed by atoms with E-state index < -0.39 is 6.10 Å². The van der Waals surface area contributed by atoms with Crippen molar-refractivity contribution in [2.75, 3.05) is 13.2 Å². The minimum absolute atomic E-state index is 0.0477. The molecule has 1 heterocycles. The molecule has 0 aromatic heterocycles. The van der Waals surface area contributed by atoms with E-state index >= 15 is 0 Å². The van der Waals surface area contributed by atoms with Crippen molar-refractivity contribution in [1.82, 2.24) is 0 Å². The molecule has 108 valence electrons. The first-order valence-corrected chi connectivity index (χ1v) is 7.32. The number of aliphatic hydroxyl groups is 2. The van der Waals surface area contributed by atoms with Crippen LogP contribution in [-0.2, 0) is 9.47 Å². The van der Waals surface area contributed by atoms with Crippen LogP contribution in [0.15, 0.2) is 0 Å². The Bertz CT molecular complexity index is 198. The lowest BCUT2D eigenvalue weighted by atomic mass is 10.1. The first-order chi connectivity index (χ1) is 8.76. The summed E-state index contributed by atoms with van der Waals surface area (Å²) in [6.45, 7) is 2.85. The summed E-state index contributed by atoms with van der Waals surface area (Å²) < 4.78 is 11.1. The lowest BCUT2D eigenvalue weighted by Gasteiger charge is -2.32. The molecule has 0 aromatic carbocycles. The standard InChI is InChI=1S/C14H28O4/c1-2-3-4-5-6-7-8-17-14-10-12(16)9-13(11-15)18-14/h12-16H,2-11H2,1H3. The summed E-state index contributed by atoms with van der Waals surface area (Å²) in [7, 11) is 0. The molecule has 1 aliphatic heterocycles. The van der Waals surface area contributed by atoms with Crippen LogP contribution in [0.2, 0.25) is 0 Å². The summed E-state index contributed by atoms with van der Waals surface area (Å²) in [6, 6.07) is 0. The minimum Gasteiger partial charge on any atom is -0.394 e. The van der Waals surface area contributed by atoms with Crippen molar-refractivity contribution in [2.24, 2.45) is 0 Å². The maximum atomic E-state index is 9.61. The van der Waals surface area contributed by atoms with Crippen molar-refractivity contribution in [2.45, 2.75) is 76.8 Å². The fraction of sp³-hybridized carbons (Fsp3) is 1.00. The lowest BCUT2D eigenvalue weighted by molar-refractivity contribution is -0.221. The Morgan fingerprint density at radius 2 is 1.83 bits per heavy atom. The van der Waals surface area contributed by atoms with Crippen LogP contribution < -0.4 is 0 Å². The summed E-state index contributed by atoms with van der Waals surface area (Å²) in [5.41, 5.74) is 0. The Labute approximate surface area is 110 Å². The largest absolute Gasteiger partial charge is 0.394 e. The minimum atomic E-state index is -0.412. The van der Waals surface area contributed by atoms with Gasteiger partial charge in [-0.2, -0.15) is 0 Å². The molecule has 0 radical (unpaired) electrons. The second-order valence-electron chi connectivity index (χ2n) is 5.13. The maximum Gasteiger partial charge on any atom is 0.160 e. The summed E-state index contributed by atoms with van der Waals surface area (Å²) in [5.74, 6) is 0. The highest BCUT2D eigenvalue weighted by Gasteiger charge is 2.28. The Kier molecular flexibility index (Phi) is 8.59. The third-order valence-electron chi connectivity index (χ3n) is 3.35. The molecule has 2 N–H and O–H groups in total. The third-order valence-corrected chi connectivity index (χ3v) is 3.35. The van der Waals surface area contributed by atoms with Crippen LogP contribution >= 0.6 is 0 Å². The Balaban J connectivity index is 2.00. The first kappa shape index (κ1) is 15.9. The number of rotatable bonds is 9. The highest BCUT2D eigenvalue weighted by atomic mass is 16.7. The lowest BCUT2D eigenvalue weighted by Crippen LogP contribution is -2.39. The smallest absolute Gasteiger partial charge is 0.160 e. The van der Waals surface area contributed by atoms with Gasteiger partial charge in [-0.3, -0.25) is 0 Å². The van der Waals surface area contributed by atoms with Gasteiger partial charge in [0.1, 0.15) is 0 Å². The molecule has 3 unspecified atom stereocenters. The van der Waals surface area contributed by atoms with Gasteiger partial charge in [0.2, 0.25) is 0 Å². The summed E-state index contributed by atoms with van der Waals surface area (Å²) in [6.07, 6.45) is 7.40. The van der Waals surface area contributed by atoms with Crippen molar-refractivity contribution in [3.8, 4) is 0 Å².